The van der Waals surface area contributed by atoms with Gasteiger partial charge in [-0.1, -0.05) is 35.4 Å². The molecule has 1 amide bonds. The first-order chi connectivity index (χ1) is 12.4. The van der Waals surface area contributed by atoms with E-state index in [1.165, 1.54) is 18.0 Å². The van der Waals surface area contributed by atoms with Crippen LogP contribution in [0.15, 0.2) is 48.8 Å². The van der Waals surface area contributed by atoms with Crippen molar-refractivity contribution in [2.24, 2.45) is 0 Å². The fraction of sp³-hybridized carbons (Fsp3) is 0.150. The highest BCUT2D eigenvalue weighted by molar-refractivity contribution is 6.31. The average Bonchev–Trinajstić information content (AvgIpc) is 2.61. The zero-order valence-corrected chi connectivity index (χ0v) is 15.6. The van der Waals surface area contributed by atoms with E-state index in [0.29, 0.717) is 16.5 Å². The fourth-order valence-corrected chi connectivity index (χ4v) is 2.65. The van der Waals surface area contributed by atoms with E-state index < -0.39 is 0 Å². The number of halogens is 1. The van der Waals surface area contributed by atoms with Gasteiger partial charge >= 0.3 is 0 Å². The van der Waals surface area contributed by atoms with Gasteiger partial charge in [0.15, 0.2) is 0 Å². The number of carbonyl (C=O) groups is 1. The third kappa shape index (κ3) is 4.18. The normalized spacial score (nSPS) is 10.5. The summed E-state index contributed by atoms with van der Waals surface area (Å²) in [7, 11) is 0. The third-order valence-corrected chi connectivity index (χ3v) is 4.37. The van der Waals surface area contributed by atoms with Crippen molar-refractivity contribution in [1.29, 1.82) is 0 Å². The van der Waals surface area contributed by atoms with Gasteiger partial charge in [-0.2, -0.15) is 0 Å². The Balaban J connectivity index is 1.70. The number of aromatic nitrogens is 2. The largest absolute Gasteiger partial charge is 0.339 e. The molecule has 0 aliphatic carbocycles. The van der Waals surface area contributed by atoms with Gasteiger partial charge in [-0.15, -0.1) is 0 Å². The van der Waals surface area contributed by atoms with Gasteiger partial charge in [0.05, 0.1) is 12.4 Å². The Morgan fingerprint density at radius 1 is 0.962 bits per heavy atom. The molecule has 5 nitrogen and oxygen atoms in total. The molecular formula is C20H19ClN4O. The SMILES string of the molecule is Cc1ccc(Nc2cnc(C(=O)Nc3ccc(C)c(Cl)c3)cn2)c(C)c1. The molecule has 132 valence electrons. The zero-order valence-electron chi connectivity index (χ0n) is 14.8. The fourth-order valence-electron chi connectivity index (χ4n) is 2.47. The summed E-state index contributed by atoms with van der Waals surface area (Å²) in [5, 5.41) is 6.57. The van der Waals surface area contributed by atoms with E-state index in [9.17, 15) is 4.79 Å². The molecule has 0 spiro atoms. The Morgan fingerprint density at radius 2 is 1.77 bits per heavy atom. The molecule has 0 aliphatic heterocycles. The van der Waals surface area contributed by atoms with Crippen molar-refractivity contribution >= 4 is 34.7 Å². The van der Waals surface area contributed by atoms with E-state index in [1.807, 2.05) is 39.0 Å². The smallest absolute Gasteiger partial charge is 0.275 e. The molecule has 3 aromatic rings. The van der Waals surface area contributed by atoms with Crippen LogP contribution in [0.25, 0.3) is 0 Å². The Hall–Kier alpha value is -2.92. The van der Waals surface area contributed by atoms with E-state index in [1.54, 1.807) is 12.1 Å². The Labute approximate surface area is 157 Å². The minimum atomic E-state index is -0.338. The minimum Gasteiger partial charge on any atom is -0.339 e. The number of hydrogen-bond acceptors (Lipinski definition) is 4. The van der Waals surface area contributed by atoms with Crippen molar-refractivity contribution in [3.63, 3.8) is 0 Å². The Kier molecular flexibility index (Phi) is 5.19. The predicted octanol–water partition coefficient (Wildman–Crippen LogP) is 5.05. The van der Waals surface area contributed by atoms with E-state index >= 15 is 0 Å². The first-order valence-corrected chi connectivity index (χ1v) is 8.54. The molecule has 0 radical (unpaired) electrons. The molecule has 0 unspecified atom stereocenters. The van der Waals surface area contributed by atoms with Gasteiger partial charge in [0.25, 0.3) is 5.91 Å². The lowest BCUT2D eigenvalue weighted by Crippen LogP contribution is -2.14. The Bertz CT molecular complexity index is 955. The van der Waals surface area contributed by atoms with Crippen LogP contribution in [0.2, 0.25) is 5.02 Å². The van der Waals surface area contributed by atoms with Gasteiger partial charge in [-0.25, -0.2) is 9.97 Å². The maximum atomic E-state index is 12.3. The highest BCUT2D eigenvalue weighted by atomic mass is 35.5. The summed E-state index contributed by atoms with van der Waals surface area (Å²) in [6, 6.07) is 11.5. The monoisotopic (exact) mass is 366 g/mol. The molecule has 0 aliphatic rings. The number of anilines is 3. The summed E-state index contributed by atoms with van der Waals surface area (Å²) in [5.41, 5.74) is 5.06. The van der Waals surface area contributed by atoms with Crippen LogP contribution in [0.4, 0.5) is 17.2 Å². The van der Waals surface area contributed by atoms with Crippen LogP contribution < -0.4 is 10.6 Å². The highest BCUT2D eigenvalue weighted by Gasteiger charge is 2.10. The molecule has 0 fully saturated rings. The molecule has 0 bridgehead atoms. The number of nitrogens with zero attached hydrogens (tertiary/aromatic N) is 2. The quantitative estimate of drug-likeness (QED) is 0.678. The van der Waals surface area contributed by atoms with Crippen molar-refractivity contribution in [3.05, 3.63) is 76.2 Å². The topological polar surface area (TPSA) is 66.9 Å². The van der Waals surface area contributed by atoms with Gasteiger partial charge in [0.1, 0.15) is 11.5 Å². The summed E-state index contributed by atoms with van der Waals surface area (Å²) >= 11 is 6.08. The zero-order chi connectivity index (χ0) is 18.7. The molecule has 2 aromatic carbocycles. The summed E-state index contributed by atoms with van der Waals surface area (Å²) in [5.74, 6) is 0.238. The van der Waals surface area contributed by atoms with Gasteiger partial charge in [-0.05, 0) is 50.1 Å². The van der Waals surface area contributed by atoms with Crippen molar-refractivity contribution < 1.29 is 4.79 Å². The molecule has 1 heterocycles. The van der Waals surface area contributed by atoms with Crippen LogP contribution in [-0.2, 0) is 0 Å². The molecule has 0 saturated carbocycles. The molecule has 2 N–H and O–H groups in total. The standard InChI is InChI=1S/C20H19ClN4O/c1-12-4-7-17(14(3)8-12)25-19-11-22-18(10-23-19)20(26)24-15-6-5-13(2)16(21)9-15/h4-11H,1-3H3,(H,23,25)(H,24,26). The number of carbonyl (C=O) groups excluding carboxylic acids is 1. The van der Waals surface area contributed by atoms with Crippen molar-refractivity contribution in [3.8, 4) is 0 Å². The minimum absolute atomic E-state index is 0.230. The van der Waals surface area contributed by atoms with E-state index in [-0.39, 0.29) is 11.6 Å². The van der Waals surface area contributed by atoms with Gasteiger partial charge < -0.3 is 10.6 Å². The van der Waals surface area contributed by atoms with Crippen LogP contribution in [0.3, 0.4) is 0 Å². The summed E-state index contributed by atoms with van der Waals surface area (Å²) < 4.78 is 0. The second kappa shape index (κ2) is 7.54. The maximum absolute atomic E-state index is 12.3. The first kappa shape index (κ1) is 17.9. The molecular weight excluding hydrogens is 348 g/mol. The first-order valence-electron chi connectivity index (χ1n) is 8.16. The molecule has 26 heavy (non-hydrogen) atoms. The van der Waals surface area contributed by atoms with E-state index in [0.717, 1.165) is 16.8 Å². The predicted molar refractivity (Wildman–Crippen MR) is 105 cm³/mol. The number of rotatable bonds is 4. The number of benzene rings is 2. The lowest BCUT2D eigenvalue weighted by Gasteiger charge is -2.10. The van der Waals surface area contributed by atoms with Crippen molar-refractivity contribution in [1.82, 2.24) is 9.97 Å². The van der Waals surface area contributed by atoms with Crippen molar-refractivity contribution in [2.45, 2.75) is 20.8 Å². The van der Waals surface area contributed by atoms with Crippen molar-refractivity contribution in [2.75, 3.05) is 10.6 Å². The molecule has 3 rings (SSSR count). The second-order valence-corrected chi connectivity index (χ2v) is 6.56. The molecule has 0 atom stereocenters. The molecule has 6 heteroatoms. The van der Waals surface area contributed by atoms with Crippen LogP contribution in [0.5, 0.6) is 0 Å². The summed E-state index contributed by atoms with van der Waals surface area (Å²) in [4.78, 5) is 20.8. The maximum Gasteiger partial charge on any atom is 0.275 e. The molecule has 0 saturated heterocycles. The van der Waals surface area contributed by atoms with Crippen LogP contribution in [0, 0.1) is 20.8 Å². The number of amides is 1. The third-order valence-electron chi connectivity index (χ3n) is 3.96. The summed E-state index contributed by atoms with van der Waals surface area (Å²) in [6.07, 6.45) is 2.98. The van der Waals surface area contributed by atoms with Gasteiger partial charge in [-0.3, -0.25) is 4.79 Å². The molecule has 1 aromatic heterocycles. The van der Waals surface area contributed by atoms with Gasteiger partial charge in [0, 0.05) is 16.4 Å². The van der Waals surface area contributed by atoms with E-state index in [4.69, 9.17) is 11.6 Å². The second-order valence-electron chi connectivity index (χ2n) is 6.15. The summed E-state index contributed by atoms with van der Waals surface area (Å²) in [6.45, 7) is 5.98. The lowest BCUT2D eigenvalue weighted by molar-refractivity contribution is 0.102. The van der Waals surface area contributed by atoms with Crippen LogP contribution in [0.1, 0.15) is 27.2 Å². The van der Waals surface area contributed by atoms with E-state index in [2.05, 4.69) is 26.7 Å². The highest BCUT2D eigenvalue weighted by Crippen LogP contribution is 2.21. The number of hydrogen-bond donors (Lipinski definition) is 2. The van der Waals surface area contributed by atoms with Crippen LogP contribution in [-0.4, -0.2) is 15.9 Å². The van der Waals surface area contributed by atoms with Crippen LogP contribution >= 0.6 is 11.6 Å². The number of nitrogens with one attached hydrogen (secondary N) is 2. The van der Waals surface area contributed by atoms with Gasteiger partial charge in [0.2, 0.25) is 0 Å². The lowest BCUT2D eigenvalue weighted by atomic mass is 10.1. The number of aryl methyl sites for hydroxylation is 3. The Morgan fingerprint density at radius 3 is 2.42 bits per heavy atom. The average molecular weight is 367 g/mol.